The summed E-state index contributed by atoms with van der Waals surface area (Å²) in [6.45, 7) is 4.75. The fourth-order valence-corrected chi connectivity index (χ4v) is 2.77. The Morgan fingerprint density at radius 1 is 1.35 bits per heavy atom. The minimum atomic E-state index is 0.266. The van der Waals surface area contributed by atoms with Gasteiger partial charge in [0, 0.05) is 39.3 Å². The third-order valence-corrected chi connectivity index (χ3v) is 3.98. The van der Waals surface area contributed by atoms with Crippen molar-refractivity contribution < 1.29 is 4.74 Å². The third-order valence-electron chi connectivity index (χ3n) is 3.98. The second-order valence-corrected chi connectivity index (χ2v) is 5.77. The van der Waals surface area contributed by atoms with Gasteiger partial charge in [-0.1, -0.05) is 19.3 Å². The normalized spacial score (nSPS) is 19.1. The summed E-state index contributed by atoms with van der Waals surface area (Å²) in [5.74, 6) is 0.853. The maximum atomic E-state index is 5.12. The number of nitrogens with one attached hydrogen (secondary N) is 2. The summed E-state index contributed by atoms with van der Waals surface area (Å²) in [7, 11) is 5.76. The van der Waals surface area contributed by atoms with Crippen LogP contribution < -0.4 is 10.6 Å². The monoisotopic (exact) mass is 284 g/mol. The minimum absolute atomic E-state index is 0.266. The summed E-state index contributed by atoms with van der Waals surface area (Å²) in [6.07, 6.45) is 6.90. The molecule has 118 valence electrons. The predicted molar refractivity (Wildman–Crippen MR) is 85.3 cm³/mol. The van der Waals surface area contributed by atoms with E-state index in [1.165, 1.54) is 32.1 Å². The quantitative estimate of drug-likeness (QED) is 0.549. The molecule has 2 N–H and O–H groups in total. The zero-order chi connectivity index (χ0) is 14.8. The highest BCUT2D eigenvalue weighted by Gasteiger charge is 2.17. The molecule has 0 radical (unpaired) electrons. The molecule has 0 aromatic rings. The van der Waals surface area contributed by atoms with Gasteiger partial charge in [-0.15, -0.1) is 0 Å². The van der Waals surface area contributed by atoms with E-state index in [-0.39, 0.29) is 6.04 Å². The van der Waals surface area contributed by atoms with Crippen LogP contribution in [0.25, 0.3) is 0 Å². The number of nitrogens with zero attached hydrogens (tertiary/aromatic N) is 2. The first-order valence-electron chi connectivity index (χ1n) is 7.83. The van der Waals surface area contributed by atoms with Crippen LogP contribution in [0.2, 0.25) is 0 Å². The van der Waals surface area contributed by atoms with E-state index in [2.05, 4.69) is 34.5 Å². The largest absolute Gasteiger partial charge is 0.383 e. The van der Waals surface area contributed by atoms with Gasteiger partial charge in [0.05, 0.1) is 6.61 Å². The van der Waals surface area contributed by atoms with Crippen LogP contribution >= 0.6 is 0 Å². The molecule has 0 bridgehead atoms. The number of ether oxygens (including phenoxy) is 1. The van der Waals surface area contributed by atoms with Crippen LogP contribution in [-0.4, -0.2) is 63.8 Å². The topological polar surface area (TPSA) is 48.9 Å². The van der Waals surface area contributed by atoms with E-state index in [0.29, 0.717) is 6.61 Å². The maximum absolute atomic E-state index is 5.12. The maximum Gasteiger partial charge on any atom is 0.191 e. The van der Waals surface area contributed by atoms with E-state index in [4.69, 9.17) is 4.74 Å². The number of methoxy groups -OCH3 is 1. The Morgan fingerprint density at radius 3 is 2.65 bits per heavy atom. The smallest absolute Gasteiger partial charge is 0.191 e. The molecule has 20 heavy (non-hydrogen) atoms. The number of hydrogen-bond acceptors (Lipinski definition) is 3. The highest BCUT2D eigenvalue weighted by molar-refractivity contribution is 5.79. The van der Waals surface area contributed by atoms with Crippen LogP contribution in [0, 0.1) is 0 Å². The molecular weight excluding hydrogens is 252 g/mol. The average Bonchev–Trinajstić information content (AvgIpc) is 2.47. The van der Waals surface area contributed by atoms with E-state index in [9.17, 15) is 0 Å². The Hall–Kier alpha value is -0.810. The van der Waals surface area contributed by atoms with E-state index in [1.54, 1.807) is 14.2 Å². The van der Waals surface area contributed by atoms with Crippen LogP contribution in [0.5, 0.6) is 0 Å². The molecule has 5 heteroatoms. The van der Waals surface area contributed by atoms with Crippen LogP contribution in [0.4, 0.5) is 0 Å². The molecule has 0 spiro atoms. The summed E-state index contributed by atoms with van der Waals surface area (Å²) in [5, 5.41) is 6.69. The summed E-state index contributed by atoms with van der Waals surface area (Å²) >= 11 is 0. The fraction of sp³-hybridized carbons (Fsp3) is 0.933. The number of rotatable bonds is 7. The number of guanidine groups is 1. The molecule has 1 saturated carbocycles. The van der Waals surface area contributed by atoms with Crippen molar-refractivity contribution in [3.05, 3.63) is 0 Å². The van der Waals surface area contributed by atoms with E-state index in [0.717, 1.165) is 25.1 Å². The predicted octanol–water partition coefficient (Wildman–Crippen LogP) is 1.45. The minimum Gasteiger partial charge on any atom is -0.383 e. The van der Waals surface area contributed by atoms with Gasteiger partial charge < -0.3 is 20.3 Å². The van der Waals surface area contributed by atoms with Gasteiger partial charge in [-0.05, 0) is 26.8 Å². The van der Waals surface area contributed by atoms with Gasteiger partial charge in [-0.2, -0.15) is 0 Å². The van der Waals surface area contributed by atoms with Crippen LogP contribution in [0.15, 0.2) is 4.99 Å². The highest BCUT2D eigenvalue weighted by atomic mass is 16.5. The second-order valence-electron chi connectivity index (χ2n) is 5.77. The SMILES string of the molecule is CN=C(NCCN(C)C1CCCCC1)NC(C)COC. The standard InChI is InChI=1S/C15H32N4O/c1-13(12-20-4)18-15(16-2)17-10-11-19(3)14-8-6-5-7-9-14/h13-14H,5-12H2,1-4H3,(H2,16,17,18). The van der Waals surface area contributed by atoms with Gasteiger partial charge in [0.25, 0.3) is 0 Å². The van der Waals surface area contributed by atoms with Gasteiger partial charge in [0.2, 0.25) is 0 Å². The summed E-state index contributed by atoms with van der Waals surface area (Å²) in [5.41, 5.74) is 0. The Labute approximate surface area is 124 Å². The first-order valence-corrected chi connectivity index (χ1v) is 7.83. The first-order chi connectivity index (χ1) is 9.67. The molecule has 0 aromatic heterocycles. The van der Waals surface area contributed by atoms with Crippen LogP contribution in [-0.2, 0) is 4.74 Å². The molecule has 1 rings (SSSR count). The Balaban J connectivity index is 2.20. The molecule has 0 saturated heterocycles. The molecule has 1 aliphatic rings. The first kappa shape index (κ1) is 17.2. The molecule has 1 unspecified atom stereocenters. The molecule has 1 fully saturated rings. The molecular formula is C15H32N4O. The molecule has 0 aliphatic heterocycles. The van der Waals surface area contributed by atoms with Gasteiger partial charge in [-0.3, -0.25) is 4.99 Å². The van der Waals surface area contributed by atoms with Gasteiger partial charge >= 0.3 is 0 Å². The zero-order valence-electron chi connectivity index (χ0n) is 13.6. The van der Waals surface area contributed by atoms with Crippen LogP contribution in [0.1, 0.15) is 39.0 Å². The Kier molecular flexibility index (Phi) is 8.62. The van der Waals surface area contributed by atoms with Crippen molar-refractivity contribution in [3.63, 3.8) is 0 Å². The van der Waals surface area contributed by atoms with Crippen molar-refractivity contribution in [2.24, 2.45) is 4.99 Å². The lowest BCUT2D eigenvalue weighted by Crippen LogP contribution is -2.46. The number of hydrogen-bond donors (Lipinski definition) is 2. The lowest BCUT2D eigenvalue weighted by atomic mass is 9.94. The second kappa shape index (κ2) is 10.00. The van der Waals surface area contributed by atoms with Gasteiger partial charge in [-0.25, -0.2) is 0 Å². The van der Waals surface area contributed by atoms with Gasteiger partial charge in [0.15, 0.2) is 5.96 Å². The number of likely N-dealkylation sites (N-methyl/N-ethyl adjacent to an activating group) is 1. The molecule has 1 aliphatic carbocycles. The Bertz CT molecular complexity index is 277. The molecule has 1 atom stereocenters. The van der Waals surface area contributed by atoms with Crippen molar-refractivity contribution in [1.82, 2.24) is 15.5 Å². The Morgan fingerprint density at radius 2 is 2.05 bits per heavy atom. The summed E-state index contributed by atoms with van der Waals surface area (Å²) in [4.78, 5) is 6.72. The highest BCUT2D eigenvalue weighted by Crippen LogP contribution is 2.21. The number of aliphatic imine (C=N–C) groups is 1. The van der Waals surface area contributed by atoms with Crippen LogP contribution in [0.3, 0.4) is 0 Å². The lowest BCUT2D eigenvalue weighted by Gasteiger charge is -2.31. The molecule has 0 heterocycles. The van der Waals surface area contributed by atoms with Crippen molar-refractivity contribution >= 4 is 5.96 Å². The van der Waals surface area contributed by atoms with E-state index < -0.39 is 0 Å². The lowest BCUT2D eigenvalue weighted by molar-refractivity contribution is 0.178. The van der Waals surface area contributed by atoms with E-state index >= 15 is 0 Å². The fourth-order valence-electron chi connectivity index (χ4n) is 2.77. The average molecular weight is 284 g/mol. The van der Waals surface area contributed by atoms with Gasteiger partial charge in [0.1, 0.15) is 0 Å². The third kappa shape index (κ3) is 6.57. The van der Waals surface area contributed by atoms with Crippen molar-refractivity contribution in [2.75, 3.05) is 40.9 Å². The molecule has 0 amide bonds. The molecule has 5 nitrogen and oxygen atoms in total. The summed E-state index contributed by atoms with van der Waals surface area (Å²) < 4.78 is 5.12. The van der Waals surface area contributed by atoms with E-state index in [1.807, 2.05) is 0 Å². The summed E-state index contributed by atoms with van der Waals surface area (Å²) in [6, 6.07) is 1.04. The molecule has 0 aromatic carbocycles. The zero-order valence-corrected chi connectivity index (χ0v) is 13.6. The van der Waals surface area contributed by atoms with Crippen molar-refractivity contribution in [2.45, 2.75) is 51.1 Å². The van der Waals surface area contributed by atoms with Crippen molar-refractivity contribution in [3.8, 4) is 0 Å². The van der Waals surface area contributed by atoms with Crippen molar-refractivity contribution in [1.29, 1.82) is 0 Å².